The van der Waals surface area contributed by atoms with Crippen molar-refractivity contribution in [2.45, 2.75) is 24.5 Å². The van der Waals surface area contributed by atoms with Gasteiger partial charge in [-0.25, -0.2) is 4.79 Å². The van der Waals surface area contributed by atoms with Gasteiger partial charge in [0.25, 0.3) is 11.7 Å². The largest absolute Gasteiger partial charge is 0.452 e. The van der Waals surface area contributed by atoms with E-state index in [0.29, 0.717) is 40.5 Å². The molecule has 0 heterocycles. The molecule has 0 spiro atoms. The fraction of sp³-hybridized carbons (Fsp3) is 0.300. The van der Waals surface area contributed by atoms with Gasteiger partial charge in [0.05, 0.1) is 11.3 Å². The number of rotatable bonds is 9. The summed E-state index contributed by atoms with van der Waals surface area (Å²) in [5.41, 5.74) is 1.39. The minimum Gasteiger partial charge on any atom is -0.452 e. The number of carbonyl (C=O) groups excluding carboxylic acids is 2. The number of hydrogen-bond acceptors (Lipinski definition) is 5. The molecule has 2 N–H and O–H groups in total. The first-order chi connectivity index (χ1) is 13.3. The van der Waals surface area contributed by atoms with E-state index in [2.05, 4.69) is 10.6 Å². The molecule has 1 amide bonds. The molecule has 0 unspecified atom stereocenters. The molecule has 0 atom stereocenters. The van der Waals surface area contributed by atoms with Crippen molar-refractivity contribution in [3.63, 3.8) is 0 Å². The molecule has 0 aromatic heterocycles. The fourth-order valence-electron chi connectivity index (χ4n) is 2.22. The Kier molecular flexibility index (Phi) is 8.25. The molecule has 2 aromatic rings. The molecular formula is C20H22F2N2O3S. The maximum absolute atomic E-state index is 12.4. The third-order valence-electron chi connectivity index (χ3n) is 3.55. The van der Waals surface area contributed by atoms with Gasteiger partial charge in [0.2, 0.25) is 0 Å². The number of benzene rings is 2. The lowest BCUT2D eigenvalue weighted by atomic mass is 10.1. The number of carbonyl (C=O) groups is 2. The number of alkyl halides is 2. The van der Waals surface area contributed by atoms with E-state index in [4.69, 9.17) is 4.74 Å². The zero-order valence-corrected chi connectivity index (χ0v) is 16.4. The Hall–Kier alpha value is -2.61. The highest BCUT2D eigenvalue weighted by Gasteiger charge is 2.15. The Balaban J connectivity index is 2.00. The van der Waals surface area contributed by atoms with Crippen LogP contribution in [0.2, 0.25) is 0 Å². The molecule has 0 fully saturated rings. The molecule has 0 radical (unpaired) electrons. The van der Waals surface area contributed by atoms with Gasteiger partial charge in [-0.1, -0.05) is 37.7 Å². The average Bonchev–Trinajstić information content (AvgIpc) is 2.66. The van der Waals surface area contributed by atoms with Crippen LogP contribution in [0, 0.1) is 5.92 Å². The van der Waals surface area contributed by atoms with Crippen molar-refractivity contribution < 1.29 is 23.1 Å². The van der Waals surface area contributed by atoms with Crippen LogP contribution in [0.4, 0.5) is 20.2 Å². The van der Waals surface area contributed by atoms with E-state index in [1.807, 2.05) is 13.8 Å². The van der Waals surface area contributed by atoms with Crippen molar-refractivity contribution in [2.24, 2.45) is 5.92 Å². The smallest absolute Gasteiger partial charge is 0.340 e. The summed E-state index contributed by atoms with van der Waals surface area (Å²) >= 11 is 0.463. The van der Waals surface area contributed by atoms with E-state index in [0.717, 1.165) is 0 Å². The van der Waals surface area contributed by atoms with Gasteiger partial charge in [0.15, 0.2) is 6.61 Å². The third-order valence-corrected chi connectivity index (χ3v) is 4.27. The summed E-state index contributed by atoms with van der Waals surface area (Å²) in [5, 5.41) is 5.74. The number of para-hydroxylation sites is 1. The van der Waals surface area contributed by atoms with Crippen LogP contribution < -0.4 is 10.6 Å². The molecule has 5 nitrogen and oxygen atoms in total. The number of halogens is 2. The zero-order valence-electron chi connectivity index (χ0n) is 15.6. The van der Waals surface area contributed by atoms with Gasteiger partial charge in [-0.05, 0) is 42.3 Å². The van der Waals surface area contributed by atoms with Crippen LogP contribution in [0.15, 0.2) is 53.4 Å². The predicted octanol–water partition coefficient (Wildman–Crippen LogP) is 4.67. The molecule has 2 aromatic carbocycles. The van der Waals surface area contributed by atoms with Gasteiger partial charge in [-0.3, -0.25) is 4.79 Å². The van der Waals surface area contributed by atoms with Crippen molar-refractivity contribution >= 4 is 35.0 Å². The van der Waals surface area contributed by atoms with Crippen LogP contribution in [0.25, 0.3) is 0 Å². The summed E-state index contributed by atoms with van der Waals surface area (Å²) in [6, 6.07) is 13.1. The molecule has 28 heavy (non-hydrogen) atoms. The summed E-state index contributed by atoms with van der Waals surface area (Å²) in [5.74, 6) is -3.17. The molecule has 0 aliphatic heterocycles. The first-order valence-electron chi connectivity index (χ1n) is 8.70. The van der Waals surface area contributed by atoms with E-state index < -0.39 is 11.7 Å². The van der Waals surface area contributed by atoms with E-state index in [1.54, 1.807) is 48.5 Å². The summed E-state index contributed by atoms with van der Waals surface area (Å²) in [6.45, 7) is 4.08. The lowest BCUT2D eigenvalue weighted by Gasteiger charge is -2.12. The quantitative estimate of drug-likeness (QED) is 0.466. The van der Waals surface area contributed by atoms with E-state index >= 15 is 0 Å². The number of nitrogens with one attached hydrogen (secondary N) is 2. The molecule has 150 valence electrons. The highest BCUT2D eigenvalue weighted by molar-refractivity contribution is 7.99. The Morgan fingerprint density at radius 1 is 1.07 bits per heavy atom. The van der Waals surface area contributed by atoms with Crippen LogP contribution in [0.1, 0.15) is 24.2 Å². The number of hydrogen-bond donors (Lipinski definition) is 2. The van der Waals surface area contributed by atoms with Crippen molar-refractivity contribution in [3.05, 3.63) is 54.1 Å². The van der Waals surface area contributed by atoms with Gasteiger partial charge in [-0.2, -0.15) is 8.78 Å². The molecule has 0 saturated carbocycles. The first-order valence-corrected chi connectivity index (χ1v) is 9.58. The van der Waals surface area contributed by atoms with E-state index in [1.165, 1.54) is 0 Å². The van der Waals surface area contributed by atoms with Gasteiger partial charge >= 0.3 is 5.97 Å². The topological polar surface area (TPSA) is 67.4 Å². The summed E-state index contributed by atoms with van der Waals surface area (Å²) in [4.78, 5) is 24.5. The number of esters is 1. The fourth-order valence-corrected chi connectivity index (χ4v) is 2.72. The SMILES string of the molecule is CC(C)CNC(=O)COC(=O)c1ccccc1Nc1ccc(SC(F)F)cc1. The Labute approximate surface area is 166 Å². The van der Waals surface area contributed by atoms with Crippen molar-refractivity contribution in [2.75, 3.05) is 18.5 Å². The second-order valence-corrected chi connectivity index (χ2v) is 7.41. The molecule has 0 bridgehead atoms. The maximum Gasteiger partial charge on any atom is 0.340 e. The van der Waals surface area contributed by atoms with Crippen molar-refractivity contribution in [1.82, 2.24) is 5.32 Å². The number of anilines is 2. The molecule has 8 heteroatoms. The lowest BCUT2D eigenvalue weighted by Crippen LogP contribution is -2.31. The summed E-state index contributed by atoms with van der Waals surface area (Å²) < 4.78 is 29.9. The normalized spacial score (nSPS) is 10.8. The Morgan fingerprint density at radius 3 is 2.39 bits per heavy atom. The Morgan fingerprint density at radius 2 is 1.75 bits per heavy atom. The van der Waals surface area contributed by atoms with Crippen molar-refractivity contribution in [3.8, 4) is 0 Å². The second kappa shape index (κ2) is 10.7. The summed E-state index contributed by atoms with van der Waals surface area (Å²) in [6.07, 6.45) is 0. The second-order valence-electron chi connectivity index (χ2n) is 6.35. The highest BCUT2D eigenvalue weighted by Crippen LogP contribution is 2.28. The van der Waals surface area contributed by atoms with Crippen LogP contribution in [-0.4, -0.2) is 30.8 Å². The van der Waals surface area contributed by atoms with Crippen LogP contribution >= 0.6 is 11.8 Å². The molecule has 0 aliphatic rings. The van der Waals surface area contributed by atoms with Gasteiger partial charge in [-0.15, -0.1) is 0 Å². The van der Waals surface area contributed by atoms with Gasteiger partial charge < -0.3 is 15.4 Å². The number of ether oxygens (including phenoxy) is 1. The van der Waals surface area contributed by atoms with Crippen molar-refractivity contribution in [1.29, 1.82) is 0 Å². The number of amides is 1. The average molecular weight is 408 g/mol. The van der Waals surface area contributed by atoms with Gasteiger partial charge in [0.1, 0.15) is 0 Å². The monoisotopic (exact) mass is 408 g/mol. The summed E-state index contributed by atoms with van der Waals surface area (Å²) in [7, 11) is 0. The van der Waals surface area contributed by atoms with Crippen LogP contribution in [0.3, 0.4) is 0 Å². The van der Waals surface area contributed by atoms with Gasteiger partial charge in [0, 0.05) is 17.1 Å². The minimum absolute atomic E-state index is 0.269. The number of thioether (sulfide) groups is 1. The predicted molar refractivity (Wildman–Crippen MR) is 106 cm³/mol. The lowest BCUT2D eigenvalue weighted by molar-refractivity contribution is -0.124. The maximum atomic E-state index is 12.4. The molecule has 0 aliphatic carbocycles. The van der Waals surface area contributed by atoms with Crippen LogP contribution in [0.5, 0.6) is 0 Å². The zero-order chi connectivity index (χ0) is 20.5. The molecular weight excluding hydrogens is 386 g/mol. The minimum atomic E-state index is -2.48. The third kappa shape index (κ3) is 7.19. The van der Waals surface area contributed by atoms with E-state index in [9.17, 15) is 18.4 Å². The van der Waals surface area contributed by atoms with E-state index in [-0.39, 0.29) is 18.1 Å². The highest BCUT2D eigenvalue weighted by atomic mass is 32.2. The molecule has 2 rings (SSSR count). The molecule has 0 saturated heterocycles. The standard InChI is InChI=1S/C20H22F2N2O3S/c1-13(2)11-23-18(25)12-27-19(26)16-5-3-4-6-17(16)24-14-7-9-15(10-8-14)28-20(21)22/h3-10,13,20,24H,11-12H2,1-2H3,(H,23,25). The first kappa shape index (κ1) is 21.7. The van der Waals surface area contributed by atoms with Crippen LogP contribution in [-0.2, 0) is 9.53 Å². The Bertz CT molecular complexity index is 798.